The molecule has 0 radical (unpaired) electrons. The van der Waals surface area contributed by atoms with E-state index < -0.39 is 35.9 Å². The van der Waals surface area contributed by atoms with E-state index in [4.69, 9.17) is 0 Å². The highest BCUT2D eigenvalue weighted by Crippen LogP contribution is 2.20. The van der Waals surface area contributed by atoms with Gasteiger partial charge in [-0.1, -0.05) is 32.0 Å². The zero-order chi connectivity index (χ0) is 22.7. The molecule has 0 aliphatic rings. The molecule has 0 heterocycles. The number of thioether (sulfide) groups is 1. The summed E-state index contributed by atoms with van der Waals surface area (Å²) in [6.45, 7) is 5.25. The van der Waals surface area contributed by atoms with Gasteiger partial charge in [-0.3, -0.25) is 19.3 Å². The van der Waals surface area contributed by atoms with Crippen molar-refractivity contribution in [3.8, 4) is 0 Å². The molecule has 1 rings (SSSR count). The number of anilines is 1. The SMILES string of the molecule is CSCC[C@H](NC=O)C(=O)N[C@@H](CC(C)C)C(=O)N(c1ccccc1)[C@@H](C)C(=O)O. The number of aliphatic carboxylic acids is 1. The molecular formula is C21H31N3O5S. The smallest absolute Gasteiger partial charge is 0.326 e. The number of hydrogen-bond donors (Lipinski definition) is 3. The van der Waals surface area contributed by atoms with Crippen LogP contribution in [0, 0.1) is 5.92 Å². The Hall–Kier alpha value is -2.55. The first-order valence-corrected chi connectivity index (χ1v) is 11.2. The van der Waals surface area contributed by atoms with Crippen LogP contribution >= 0.6 is 11.8 Å². The van der Waals surface area contributed by atoms with Crippen LogP contribution in [0.2, 0.25) is 0 Å². The van der Waals surface area contributed by atoms with E-state index in [1.54, 1.807) is 42.1 Å². The minimum Gasteiger partial charge on any atom is -0.480 e. The zero-order valence-corrected chi connectivity index (χ0v) is 18.6. The van der Waals surface area contributed by atoms with Crippen molar-refractivity contribution in [3.05, 3.63) is 30.3 Å². The van der Waals surface area contributed by atoms with E-state index in [1.165, 1.54) is 11.8 Å². The Bertz CT molecular complexity index is 714. The lowest BCUT2D eigenvalue weighted by Gasteiger charge is -2.32. The molecule has 3 atom stereocenters. The Labute approximate surface area is 181 Å². The normalized spacial score (nSPS) is 13.8. The fraction of sp³-hybridized carbons (Fsp3) is 0.524. The maximum Gasteiger partial charge on any atom is 0.326 e. The molecule has 0 spiro atoms. The molecule has 1 aromatic carbocycles. The predicted octanol–water partition coefficient (Wildman–Crippen LogP) is 1.89. The summed E-state index contributed by atoms with van der Waals surface area (Å²) in [5.74, 6) is -1.39. The lowest BCUT2D eigenvalue weighted by molar-refractivity contribution is -0.140. The summed E-state index contributed by atoms with van der Waals surface area (Å²) in [7, 11) is 0. The van der Waals surface area contributed by atoms with Crippen molar-refractivity contribution >= 4 is 41.6 Å². The van der Waals surface area contributed by atoms with E-state index in [0.29, 0.717) is 30.7 Å². The Morgan fingerprint density at radius 2 is 1.77 bits per heavy atom. The number of carboxylic acid groups (broad SMARTS) is 1. The molecule has 30 heavy (non-hydrogen) atoms. The Morgan fingerprint density at radius 3 is 2.27 bits per heavy atom. The minimum absolute atomic E-state index is 0.0701. The van der Waals surface area contributed by atoms with Crippen molar-refractivity contribution < 1.29 is 24.3 Å². The first kappa shape index (κ1) is 25.5. The highest BCUT2D eigenvalue weighted by molar-refractivity contribution is 7.98. The molecular weight excluding hydrogens is 406 g/mol. The fourth-order valence-corrected chi connectivity index (χ4v) is 3.45. The van der Waals surface area contributed by atoms with E-state index in [9.17, 15) is 24.3 Å². The van der Waals surface area contributed by atoms with Gasteiger partial charge in [-0.25, -0.2) is 4.79 Å². The van der Waals surface area contributed by atoms with Gasteiger partial charge < -0.3 is 15.7 Å². The molecule has 166 valence electrons. The average molecular weight is 438 g/mol. The Kier molecular flexibility index (Phi) is 11.0. The van der Waals surface area contributed by atoms with Crippen LogP contribution in [0.25, 0.3) is 0 Å². The molecule has 0 bridgehead atoms. The van der Waals surface area contributed by atoms with Gasteiger partial charge >= 0.3 is 5.97 Å². The number of nitrogens with one attached hydrogen (secondary N) is 2. The van der Waals surface area contributed by atoms with Crippen molar-refractivity contribution in [3.63, 3.8) is 0 Å². The maximum atomic E-state index is 13.4. The van der Waals surface area contributed by atoms with Crippen LogP contribution in [0.15, 0.2) is 30.3 Å². The number of amides is 3. The average Bonchev–Trinajstić information content (AvgIpc) is 2.70. The third-order valence-electron chi connectivity index (χ3n) is 4.53. The summed E-state index contributed by atoms with van der Waals surface area (Å²) < 4.78 is 0. The van der Waals surface area contributed by atoms with Crippen molar-refractivity contribution in [2.75, 3.05) is 16.9 Å². The molecule has 3 amide bonds. The first-order valence-electron chi connectivity index (χ1n) is 9.82. The molecule has 0 aliphatic heterocycles. The van der Waals surface area contributed by atoms with Gasteiger partial charge in [0.05, 0.1) is 0 Å². The van der Waals surface area contributed by atoms with Crippen LogP contribution in [0.5, 0.6) is 0 Å². The van der Waals surface area contributed by atoms with Crippen molar-refractivity contribution in [1.29, 1.82) is 0 Å². The second-order valence-electron chi connectivity index (χ2n) is 7.37. The number of nitrogens with zero attached hydrogens (tertiary/aromatic N) is 1. The molecule has 3 N–H and O–H groups in total. The maximum absolute atomic E-state index is 13.4. The third kappa shape index (κ3) is 7.70. The second kappa shape index (κ2) is 12.9. The Morgan fingerprint density at radius 1 is 1.13 bits per heavy atom. The topological polar surface area (TPSA) is 116 Å². The van der Waals surface area contributed by atoms with Crippen LogP contribution in [-0.2, 0) is 19.2 Å². The van der Waals surface area contributed by atoms with Crippen LogP contribution in [0.4, 0.5) is 5.69 Å². The van der Waals surface area contributed by atoms with E-state index in [-0.39, 0.29) is 5.92 Å². The number of para-hydroxylation sites is 1. The van der Waals surface area contributed by atoms with Crippen LogP contribution < -0.4 is 15.5 Å². The van der Waals surface area contributed by atoms with Crippen molar-refractivity contribution in [2.24, 2.45) is 5.92 Å². The van der Waals surface area contributed by atoms with Gasteiger partial charge in [0, 0.05) is 5.69 Å². The van der Waals surface area contributed by atoms with Gasteiger partial charge in [0.25, 0.3) is 0 Å². The predicted molar refractivity (Wildman–Crippen MR) is 118 cm³/mol. The molecule has 9 heteroatoms. The van der Waals surface area contributed by atoms with Crippen molar-refractivity contribution in [1.82, 2.24) is 10.6 Å². The number of carbonyl (C=O) groups excluding carboxylic acids is 3. The third-order valence-corrected chi connectivity index (χ3v) is 5.18. The standard InChI is InChI=1S/C21H31N3O5S/c1-14(2)12-18(23-19(26)17(22-13-25)10-11-30-4)20(27)24(15(3)21(28)29)16-8-6-5-7-9-16/h5-9,13-15,17-18H,10-12H2,1-4H3,(H,22,25)(H,23,26)(H,28,29)/t15-,17-,18-/m0/s1. The number of hydrogen-bond acceptors (Lipinski definition) is 5. The summed E-state index contributed by atoms with van der Waals surface area (Å²) in [5, 5.41) is 14.8. The summed E-state index contributed by atoms with van der Waals surface area (Å²) in [6, 6.07) is 5.70. The van der Waals surface area contributed by atoms with E-state index in [0.717, 1.165) is 0 Å². The monoisotopic (exact) mass is 437 g/mol. The lowest BCUT2D eigenvalue weighted by atomic mass is 10.0. The number of carboxylic acids is 1. The largest absolute Gasteiger partial charge is 0.480 e. The number of carbonyl (C=O) groups is 4. The van der Waals surface area contributed by atoms with E-state index in [2.05, 4.69) is 10.6 Å². The number of rotatable bonds is 13. The van der Waals surface area contributed by atoms with Gasteiger partial charge in [0.2, 0.25) is 18.2 Å². The molecule has 0 aliphatic carbocycles. The van der Waals surface area contributed by atoms with Crippen LogP contribution in [0.1, 0.15) is 33.6 Å². The summed E-state index contributed by atoms with van der Waals surface area (Å²) in [4.78, 5) is 49.9. The van der Waals surface area contributed by atoms with Gasteiger partial charge in [-0.15, -0.1) is 0 Å². The van der Waals surface area contributed by atoms with Crippen molar-refractivity contribution in [2.45, 2.75) is 51.7 Å². The molecule has 0 saturated carbocycles. The molecule has 8 nitrogen and oxygen atoms in total. The lowest BCUT2D eigenvalue weighted by Crippen LogP contribution is -2.56. The quantitative estimate of drug-likeness (QED) is 0.406. The summed E-state index contributed by atoms with van der Waals surface area (Å²) in [5.41, 5.74) is 0.436. The highest BCUT2D eigenvalue weighted by Gasteiger charge is 2.34. The molecule has 1 aromatic rings. The van der Waals surface area contributed by atoms with Crippen LogP contribution in [-0.4, -0.2) is 59.4 Å². The molecule has 0 aromatic heterocycles. The number of benzene rings is 1. The second-order valence-corrected chi connectivity index (χ2v) is 8.35. The summed E-state index contributed by atoms with van der Waals surface area (Å²) in [6.07, 6.45) is 3.11. The minimum atomic E-state index is -1.15. The van der Waals surface area contributed by atoms with Gasteiger partial charge in [-0.2, -0.15) is 11.8 Å². The van der Waals surface area contributed by atoms with Gasteiger partial charge in [0.1, 0.15) is 18.1 Å². The molecule has 0 unspecified atom stereocenters. The van der Waals surface area contributed by atoms with Crippen LogP contribution in [0.3, 0.4) is 0 Å². The highest BCUT2D eigenvalue weighted by atomic mass is 32.2. The van der Waals surface area contributed by atoms with Gasteiger partial charge in [-0.05, 0) is 49.8 Å². The molecule has 0 fully saturated rings. The Balaban J connectivity index is 3.19. The van der Waals surface area contributed by atoms with E-state index in [1.807, 2.05) is 20.1 Å². The first-order chi connectivity index (χ1) is 14.2. The van der Waals surface area contributed by atoms with Gasteiger partial charge in [0.15, 0.2) is 0 Å². The molecule has 0 saturated heterocycles. The fourth-order valence-electron chi connectivity index (χ4n) is 2.98. The zero-order valence-electron chi connectivity index (χ0n) is 17.8. The summed E-state index contributed by atoms with van der Waals surface area (Å²) >= 11 is 1.54. The van der Waals surface area contributed by atoms with E-state index >= 15 is 0 Å².